The van der Waals surface area contributed by atoms with Gasteiger partial charge in [-0.15, -0.1) is 0 Å². The lowest BCUT2D eigenvalue weighted by Gasteiger charge is -2.08. The molecule has 0 amide bonds. The smallest absolute Gasteiger partial charge is 0.191 e. The normalized spacial score (nSPS) is 19.1. The molecule has 2 heterocycles. The van der Waals surface area contributed by atoms with Crippen molar-refractivity contribution in [3.63, 3.8) is 0 Å². The van der Waals surface area contributed by atoms with Gasteiger partial charge in [-0.1, -0.05) is 24.8 Å². The molecule has 1 aliphatic rings. The molecule has 4 rings (SSSR count). The van der Waals surface area contributed by atoms with Crippen molar-refractivity contribution in [3.05, 3.63) is 41.7 Å². The molecule has 8 heteroatoms. The van der Waals surface area contributed by atoms with E-state index in [9.17, 15) is 8.78 Å². The molecule has 1 saturated carbocycles. The van der Waals surface area contributed by atoms with E-state index in [4.69, 9.17) is 0 Å². The lowest BCUT2D eigenvalue weighted by atomic mass is 10.1. The molecule has 0 spiro atoms. The van der Waals surface area contributed by atoms with Gasteiger partial charge in [-0.25, -0.2) is 23.7 Å². The van der Waals surface area contributed by atoms with Crippen molar-refractivity contribution in [2.75, 3.05) is 11.1 Å². The van der Waals surface area contributed by atoms with Crippen LogP contribution in [0.2, 0.25) is 0 Å². The van der Waals surface area contributed by atoms with E-state index in [-0.39, 0.29) is 12.0 Å². The number of rotatable bonds is 6. The molecule has 0 bridgehead atoms. The highest BCUT2D eigenvalue weighted by atomic mass is 32.2. The molecular formula is C18H19F2N5S. The minimum absolute atomic E-state index is 0.129. The molecule has 136 valence electrons. The number of fused-ring (bicyclic) bond motifs is 1. The fraction of sp³-hybridized carbons (Fsp3) is 0.389. The van der Waals surface area contributed by atoms with Gasteiger partial charge in [0.2, 0.25) is 0 Å². The summed E-state index contributed by atoms with van der Waals surface area (Å²) in [5.41, 5.74) is 2.31. The van der Waals surface area contributed by atoms with Crippen LogP contribution in [-0.4, -0.2) is 31.3 Å². The molecule has 1 N–H and O–H groups in total. The fourth-order valence-electron chi connectivity index (χ4n) is 2.99. The number of thioether (sulfide) groups is 1. The molecule has 0 saturated heterocycles. The molecule has 5 nitrogen and oxygen atoms in total. The molecule has 3 aromatic rings. The van der Waals surface area contributed by atoms with Gasteiger partial charge < -0.3 is 9.88 Å². The van der Waals surface area contributed by atoms with Crippen LogP contribution in [0.15, 0.2) is 29.7 Å². The number of hydrogen-bond donors (Lipinski definition) is 1. The highest BCUT2D eigenvalue weighted by molar-refractivity contribution is 7.99. The van der Waals surface area contributed by atoms with Crippen LogP contribution in [0.25, 0.3) is 11.2 Å². The fourth-order valence-corrected chi connectivity index (χ4v) is 3.68. The summed E-state index contributed by atoms with van der Waals surface area (Å²) in [6, 6.07) is 4.23. The van der Waals surface area contributed by atoms with Gasteiger partial charge in [-0.05, 0) is 30.5 Å². The van der Waals surface area contributed by atoms with Crippen LogP contribution in [0.4, 0.5) is 14.6 Å². The summed E-state index contributed by atoms with van der Waals surface area (Å²) in [5, 5.41) is 4.13. The number of nitrogens with one attached hydrogen (secondary N) is 1. The molecule has 0 radical (unpaired) electrons. The summed E-state index contributed by atoms with van der Waals surface area (Å²) in [6.45, 7) is 2.12. The third-order valence-electron chi connectivity index (χ3n) is 4.46. The second kappa shape index (κ2) is 6.83. The highest BCUT2D eigenvalue weighted by Crippen LogP contribution is 2.43. The third kappa shape index (κ3) is 3.25. The average Bonchev–Trinajstić information content (AvgIpc) is 3.29. The van der Waals surface area contributed by atoms with E-state index >= 15 is 0 Å². The molecule has 26 heavy (non-hydrogen) atoms. The maximum atomic E-state index is 13.5. The summed E-state index contributed by atoms with van der Waals surface area (Å²) in [4.78, 5) is 13.6. The van der Waals surface area contributed by atoms with Gasteiger partial charge >= 0.3 is 0 Å². The lowest BCUT2D eigenvalue weighted by Crippen LogP contribution is -2.08. The van der Waals surface area contributed by atoms with Gasteiger partial charge in [0.15, 0.2) is 33.8 Å². The van der Waals surface area contributed by atoms with Crippen molar-refractivity contribution in [1.82, 2.24) is 19.5 Å². The van der Waals surface area contributed by atoms with Gasteiger partial charge in [0, 0.05) is 24.8 Å². The predicted octanol–water partition coefficient (Wildman–Crippen LogP) is 4.11. The Morgan fingerprint density at radius 2 is 2.12 bits per heavy atom. The summed E-state index contributed by atoms with van der Waals surface area (Å²) in [5.74, 6) is 0.168. The Morgan fingerprint density at radius 3 is 2.88 bits per heavy atom. The topological polar surface area (TPSA) is 55.6 Å². The highest BCUT2D eigenvalue weighted by Gasteiger charge is 2.39. The zero-order valence-corrected chi connectivity index (χ0v) is 15.4. The Bertz CT molecular complexity index is 958. The minimum Gasteiger partial charge on any atom is -0.365 e. The van der Waals surface area contributed by atoms with Crippen LogP contribution in [0.1, 0.15) is 31.2 Å². The second-order valence-electron chi connectivity index (χ2n) is 6.50. The standard InChI is InChI=1S/C18H19F2N5S/c1-3-6-26-18-23-16(15-17(24-18)25(2)9-21-15)22-14-8-11(14)10-4-5-12(19)13(20)7-10/h4-5,7,9,11,14H,3,6,8H2,1-2H3,(H,22,23,24)/t11-,14+/m0/s1. The minimum atomic E-state index is -0.817. The molecule has 1 aliphatic carbocycles. The Labute approximate surface area is 154 Å². The maximum Gasteiger partial charge on any atom is 0.191 e. The summed E-state index contributed by atoms with van der Waals surface area (Å²) >= 11 is 1.62. The number of anilines is 1. The number of hydrogen-bond acceptors (Lipinski definition) is 5. The first-order valence-corrected chi connectivity index (χ1v) is 9.58. The van der Waals surface area contributed by atoms with Gasteiger partial charge in [-0.3, -0.25) is 0 Å². The Kier molecular flexibility index (Phi) is 4.52. The predicted molar refractivity (Wildman–Crippen MR) is 98.4 cm³/mol. The SMILES string of the molecule is CCCSc1nc(N[C@@H]2C[C@H]2c2ccc(F)c(F)c2)c2ncn(C)c2n1. The van der Waals surface area contributed by atoms with Crippen LogP contribution in [0.3, 0.4) is 0 Å². The maximum absolute atomic E-state index is 13.5. The first kappa shape index (κ1) is 17.2. The van der Waals surface area contributed by atoms with E-state index in [2.05, 4.69) is 27.2 Å². The van der Waals surface area contributed by atoms with Crippen molar-refractivity contribution >= 4 is 28.7 Å². The van der Waals surface area contributed by atoms with Crippen molar-refractivity contribution in [3.8, 4) is 0 Å². The lowest BCUT2D eigenvalue weighted by molar-refractivity contribution is 0.507. The largest absolute Gasteiger partial charge is 0.365 e. The van der Waals surface area contributed by atoms with Crippen molar-refractivity contribution in [2.45, 2.75) is 36.9 Å². The van der Waals surface area contributed by atoms with Crippen LogP contribution in [0, 0.1) is 11.6 Å². The zero-order valence-electron chi connectivity index (χ0n) is 14.5. The zero-order chi connectivity index (χ0) is 18.3. The first-order valence-electron chi connectivity index (χ1n) is 8.60. The molecule has 1 aromatic carbocycles. The van der Waals surface area contributed by atoms with Crippen LogP contribution < -0.4 is 5.32 Å². The van der Waals surface area contributed by atoms with E-state index in [0.717, 1.165) is 40.5 Å². The quantitative estimate of drug-likeness (QED) is 0.519. The van der Waals surface area contributed by atoms with Crippen LogP contribution >= 0.6 is 11.8 Å². The van der Waals surface area contributed by atoms with Crippen molar-refractivity contribution in [1.29, 1.82) is 0 Å². The van der Waals surface area contributed by atoms with Gasteiger partial charge in [0.05, 0.1) is 6.33 Å². The van der Waals surface area contributed by atoms with Gasteiger partial charge in [0.1, 0.15) is 0 Å². The van der Waals surface area contributed by atoms with Crippen molar-refractivity contribution in [2.24, 2.45) is 7.05 Å². The number of aryl methyl sites for hydroxylation is 1. The van der Waals surface area contributed by atoms with Gasteiger partial charge in [-0.2, -0.15) is 0 Å². The Balaban J connectivity index is 1.58. The average molecular weight is 375 g/mol. The number of imidazole rings is 1. The van der Waals surface area contributed by atoms with Gasteiger partial charge in [0.25, 0.3) is 0 Å². The van der Waals surface area contributed by atoms with E-state index in [1.165, 1.54) is 12.1 Å². The second-order valence-corrected chi connectivity index (χ2v) is 7.56. The summed E-state index contributed by atoms with van der Waals surface area (Å²) in [7, 11) is 1.90. The van der Waals surface area contributed by atoms with Crippen LogP contribution in [0.5, 0.6) is 0 Å². The van der Waals surface area contributed by atoms with E-state index < -0.39 is 11.6 Å². The summed E-state index contributed by atoms with van der Waals surface area (Å²) < 4.78 is 28.5. The van der Waals surface area contributed by atoms with E-state index in [1.807, 2.05) is 11.6 Å². The van der Waals surface area contributed by atoms with E-state index in [0.29, 0.717) is 5.82 Å². The monoisotopic (exact) mass is 375 g/mol. The van der Waals surface area contributed by atoms with Crippen molar-refractivity contribution < 1.29 is 8.78 Å². The molecule has 0 unspecified atom stereocenters. The molecule has 2 atom stereocenters. The number of benzene rings is 1. The molecule has 1 fully saturated rings. The third-order valence-corrected chi connectivity index (χ3v) is 5.51. The Hall–Kier alpha value is -2.22. The first-order chi connectivity index (χ1) is 12.6. The molecule has 0 aliphatic heterocycles. The number of aromatic nitrogens is 4. The molecule has 2 aromatic heterocycles. The number of halogens is 2. The van der Waals surface area contributed by atoms with Crippen LogP contribution in [-0.2, 0) is 7.05 Å². The molecular weight excluding hydrogens is 356 g/mol. The Morgan fingerprint density at radius 1 is 1.27 bits per heavy atom. The van der Waals surface area contributed by atoms with E-state index in [1.54, 1.807) is 24.2 Å². The summed E-state index contributed by atoms with van der Waals surface area (Å²) in [6.07, 6.45) is 3.61. The number of nitrogens with zero attached hydrogens (tertiary/aromatic N) is 4.